The van der Waals surface area contributed by atoms with Gasteiger partial charge in [0, 0.05) is 11.1 Å². The van der Waals surface area contributed by atoms with E-state index in [1.54, 1.807) is 6.07 Å². The van der Waals surface area contributed by atoms with Crippen molar-refractivity contribution in [3.63, 3.8) is 0 Å². The summed E-state index contributed by atoms with van der Waals surface area (Å²) in [7, 11) is 0. The van der Waals surface area contributed by atoms with Gasteiger partial charge in [0.05, 0.1) is 15.7 Å². The molecular formula is C18H13Cl2FN2O2. The second-order valence-electron chi connectivity index (χ2n) is 5.33. The number of ether oxygens (including phenoxy) is 1. The van der Waals surface area contributed by atoms with Crippen LogP contribution < -0.4 is 10.1 Å². The van der Waals surface area contributed by atoms with E-state index < -0.39 is 11.7 Å². The van der Waals surface area contributed by atoms with E-state index in [-0.39, 0.29) is 23.1 Å². The van der Waals surface area contributed by atoms with Crippen molar-refractivity contribution in [2.45, 2.75) is 6.92 Å². The molecule has 0 radical (unpaired) electrons. The molecule has 1 N–H and O–H groups in total. The molecule has 0 bridgehead atoms. The molecule has 0 saturated carbocycles. The predicted octanol–water partition coefficient (Wildman–Crippen LogP) is 5.01. The molecule has 1 heterocycles. The summed E-state index contributed by atoms with van der Waals surface area (Å²) in [5.74, 6) is -0.784. The first kappa shape index (κ1) is 17.5. The lowest BCUT2D eigenvalue weighted by Crippen LogP contribution is -2.21. The first-order valence-electron chi connectivity index (χ1n) is 7.38. The Morgan fingerprint density at radius 3 is 2.72 bits per heavy atom. The summed E-state index contributed by atoms with van der Waals surface area (Å²) in [5.41, 5.74) is 1.31. The molecule has 1 amide bonds. The molecule has 4 nitrogen and oxygen atoms in total. The number of aryl methyl sites for hydroxylation is 1. The van der Waals surface area contributed by atoms with Crippen LogP contribution in [0.5, 0.6) is 5.75 Å². The van der Waals surface area contributed by atoms with Crippen LogP contribution in [0.1, 0.15) is 5.69 Å². The molecule has 3 aromatic rings. The number of amides is 1. The Kier molecular flexibility index (Phi) is 5.06. The molecule has 7 heteroatoms. The first-order chi connectivity index (χ1) is 12.0. The maximum absolute atomic E-state index is 13.6. The highest BCUT2D eigenvalue weighted by molar-refractivity contribution is 6.39. The van der Waals surface area contributed by atoms with Crippen molar-refractivity contribution < 1.29 is 13.9 Å². The molecule has 128 valence electrons. The van der Waals surface area contributed by atoms with E-state index in [1.807, 2.05) is 19.1 Å². The maximum atomic E-state index is 13.6. The quantitative estimate of drug-likeness (QED) is 0.694. The average molecular weight is 379 g/mol. The van der Waals surface area contributed by atoms with E-state index in [1.165, 1.54) is 24.3 Å². The van der Waals surface area contributed by atoms with Gasteiger partial charge in [0.25, 0.3) is 5.91 Å². The molecule has 0 aliphatic carbocycles. The lowest BCUT2D eigenvalue weighted by atomic mass is 10.2. The summed E-state index contributed by atoms with van der Waals surface area (Å²) >= 11 is 12.4. The van der Waals surface area contributed by atoms with Crippen molar-refractivity contribution in [1.29, 1.82) is 0 Å². The van der Waals surface area contributed by atoms with Gasteiger partial charge in [-0.25, -0.2) is 9.37 Å². The summed E-state index contributed by atoms with van der Waals surface area (Å²) < 4.78 is 19.1. The summed E-state index contributed by atoms with van der Waals surface area (Å²) in [6, 6.07) is 11.0. The Bertz CT molecular complexity index is 963. The molecule has 0 aliphatic rings. The minimum absolute atomic E-state index is 0.0807. The van der Waals surface area contributed by atoms with Crippen molar-refractivity contribution in [3.8, 4) is 5.75 Å². The van der Waals surface area contributed by atoms with Crippen LogP contribution in [0.3, 0.4) is 0 Å². The Hall–Kier alpha value is -2.37. The highest BCUT2D eigenvalue weighted by Crippen LogP contribution is 2.37. The van der Waals surface area contributed by atoms with Crippen LogP contribution in [0.25, 0.3) is 10.9 Å². The number of fused-ring (bicyclic) bond motifs is 1. The third kappa shape index (κ3) is 3.83. The molecule has 0 spiro atoms. The second-order valence-corrected chi connectivity index (χ2v) is 6.15. The Morgan fingerprint density at radius 2 is 1.96 bits per heavy atom. The zero-order chi connectivity index (χ0) is 18.0. The molecular weight excluding hydrogens is 366 g/mol. The van der Waals surface area contributed by atoms with Gasteiger partial charge >= 0.3 is 0 Å². The normalized spacial score (nSPS) is 10.7. The number of nitrogens with zero attached hydrogens (tertiary/aromatic N) is 1. The number of carbonyl (C=O) groups excluding carboxylic acids is 1. The summed E-state index contributed by atoms with van der Waals surface area (Å²) in [6.45, 7) is 1.48. The Labute approximate surface area is 153 Å². The van der Waals surface area contributed by atoms with Gasteiger partial charge in [-0.05, 0) is 37.3 Å². The summed E-state index contributed by atoms with van der Waals surface area (Å²) in [5, 5.41) is 3.80. The minimum Gasteiger partial charge on any atom is -0.480 e. The lowest BCUT2D eigenvalue weighted by Gasteiger charge is -2.12. The highest BCUT2D eigenvalue weighted by Gasteiger charge is 2.15. The zero-order valence-corrected chi connectivity index (χ0v) is 14.7. The molecule has 0 aliphatic heterocycles. The van der Waals surface area contributed by atoms with Gasteiger partial charge in [0.1, 0.15) is 11.3 Å². The molecule has 0 saturated heterocycles. The fraction of sp³-hybridized carbons (Fsp3) is 0.111. The van der Waals surface area contributed by atoms with Crippen LogP contribution in [-0.4, -0.2) is 17.5 Å². The number of rotatable bonds is 4. The van der Waals surface area contributed by atoms with Crippen molar-refractivity contribution in [3.05, 3.63) is 64.0 Å². The molecule has 3 rings (SSSR count). The van der Waals surface area contributed by atoms with Crippen LogP contribution >= 0.6 is 23.2 Å². The van der Waals surface area contributed by atoms with E-state index in [2.05, 4.69) is 10.3 Å². The summed E-state index contributed by atoms with van der Waals surface area (Å²) in [4.78, 5) is 16.4. The van der Waals surface area contributed by atoms with Crippen LogP contribution in [0.4, 0.5) is 10.1 Å². The van der Waals surface area contributed by atoms with Crippen molar-refractivity contribution in [1.82, 2.24) is 4.98 Å². The number of benzene rings is 2. The number of para-hydroxylation sites is 1. The van der Waals surface area contributed by atoms with Gasteiger partial charge in [-0.3, -0.25) is 4.79 Å². The number of carbonyl (C=O) groups is 1. The molecule has 0 atom stereocenters. The van der Waals surface area contributed by atoms with E-state index in [0.29, 0.717) is 15.9 Å². The maximum Gasteiger partial charge on any atom is 0.262 e. The first-order valence-corrected chi connectivity index (χ1v) is 8.14. The van der Waals surface area contributed by atoms with Gasteiger partial charge in [0.2, 0.25) is 0 Å². The van der Waals surface area contributed by atoms with E-state index >= 15 is 0 Å². The molecule has 0 fully saturated rings. The average Bonchev–Trinajstić information content (AvgIpc) is 2.56. The van der Waals surface area contributed by atoms with Gasteiger partial charge in [-0.1, -0.05) is 35.3 Å². The monoisotopic (exact) mass is 378 g/mol. The Morgan fingerprint density at radius 1 is 1.20 bits per heavy atom. The standard InChI is InChI=1S/C18H13Cl2FN2O2/c1-10-6-7-11-12(19)8-13(20)18(17(11)22-10)25-9-16(24)23-15-5-3-2-4-14(15)21/h2-8H,9H2,1H3,(H,23,24). The summed E-state index contributed by atoms with van der Waals surface area (Å²) in [6.07, 6.45) is 0. The topological polar surface area (TPSA) is 51.2 Å². The van der Waals surface area contributed by atoms with E-state index in [4.69, 9.17) is 27.9 Å². The van der Waals surface area contributed by atoms with Gasteiger partial charge in [0.15, 0.2) is 12.4 Å². The predicted molar refractivity (Wildman–Crippen MR) is 97.0 cm³/mol. The van der Waals surface area contributed by atoms with Crippen LogP contribution in [-0.2, 0) is 4.79 Å². The van der Waals surface area contributed by atoms with Gasteiger partial charge < -0.3 is 10.1 Å². The molecule has 2 aromatic carbocycles. The van der Waals surface area contributed by atoms with Crippen molar-refractivity contribution in [2.75, 3.05) is 11.9 Å². The number of hydrogen-bond donors (Lipinski definition) is 1. The molecule has 25 heavy (non-hydrogen) atoms. The van der Waals surface area contributed by atoms with Crippen molar-refractivity contribution >= 4 is 45.7 Å². The third-order valence-electron chi connectivity index (χ3n) is 3.47. The van der Waals surface area contributed by atoms with Gasteiger partial charge in [-0.2, -0.15) is 0 Å². The second kappa shape index (κ2) is 7.25. The number of halogens is 3. The van der Waals surface area contributed by atoms with Crippen molar-refractivity contribution in [2.24, 2.45) is 0 Å². The lowest BCUT2D eigenvalue weighted by molar-refractivity contribution is -0.118. The number of hydrogen-bond acceptors (Lipinski definition) is 3. The Balaban J connectivity index is 1.82. The molecule has 1 aromatic heterocycles. The zero-order valence-electron chi connectivity index (χ0n) is 13.1. The van der Waals surface area contributed by atoms with Crippen LogP contribution in [0.15, 0.2) is 42.5 Å². The number of aromatic nitrogens is 1. The third-order valence-corrected chi connectivity index (χ3v) is 4.07. The fourth-order valence-corrected chi connectivity index (χ4v) is 2.88. The van der Waals surface area contributed by atoms with E-state index in [9.17, 15) is 9.18 Å². The largest absolute Gasteiger partial charge is 0.480 e. The van der Waals surface area contributed by atoms with Gasteiger partial charge in [-0.15, -0.1) is 0 Å². The highest BCUT2D eigenvalue weighted by atomic mass is 35.5. The molecule has 0 unspecified atom stereocenters. The minimum atomic E-state index is -0.525. The van der Waals surface area contributed by atoms with Crippen LogP contribution in [0, 0.1) is 12.7 Å². The number of nitrogens with one attached hydrogen (secondary N) is 1. The SMILES string of the molecule is Cc1ccc2c(Cl)cc(Cl)c(OCC(=O)Nc3ccccc3F)c2n1. The fourth-order valence-electron chi connectivity index (χ4n) is 2.31. The van der Waals surface area contributed by atoms with E-state index in [0.717, 1.165) is 5.69 Å². The smallest absolute Gasteiger partial charge is 0.262 e. The number of anilines is 1. The number of pyridine rings is 1. The van der Waals surface area contributed by atoms with Crippen LogP contribution in [0.2, 0.25) is 10.0 Å².